The van der Waals surface area contributed by atoms with E-state index in [1.165, 1.54) is 0 Å². The Hall–Kier alpha value is -3.49. The molecule has 0 bridgehead atoms. The first-order valence-electron chi connectivity index (χ1n) is 13.1. The van der Waals surface area contributed by atoms with Gasteiger partial charge in [0.25, 0.3) is 5.91 Å². The molecule has 1 fully saturated rings. The maximum absolute atomic E-state index is 13.3. The van der Waals surface area contributed by atoms with Crippen LogP contribution in [0.1, 0.15) is 59.3 Å². The highest BCUT2D eigenvalue weighted by Gasteiger charge is 2.30. The summed E-state index contributed by atoms with van der Waals surface area (Å²) in [5.74, 6) is 0.147. The molecule has 1 saturated heterocycles. The Labute approximate surface area is 227 Å². The topological polar surface area (TPSA) is 96.5 Å². The predicted molar refractivity (Wildman–Crippen MR) is 147 cm³/mol. The van der Waals surface area contributed by atoms with Crippen LogP contribution < -0.4 is 10.6 Å². The van der Waals surface area contributed by atoms with Gasteiger partial charge in [0.05, 0.1) is 23.0 Å². The van der Waals surface area contributed by atoms with Crippen LogP contribution in [-0.2, 0) is 16.1 Å². The molecule has 0 saturated carbocycles. The summed E-state index contributed by atoms with van der Waals surface area (Å²) in [6.45, 7) is 5.88. The summed E-state index contributed by atoms with van der Waals surface area (Å²) < 4.78 is 5.42. The van der Waals surface area contributed by atoms with E-state index in [2.05, 4.69) is 26.7 Å². The van der Waals surface area contributed by atoms with Gasteiger partial charge in [0.1, 0.15) is 6.54 Å². The lowest BCUT2D eigenvalue weighted by molar-refractivity contribution is -0.122. The van der Waals surface area contributed by atoms with Crippen LogP contribution in [0.15, 0.2) is 48.7 Å². The molecule has 0 unspecified atom stereocenters. The van der Waals surface area contributed by atoms with Gasteiger partial charge < -0.3 is 20.3 Å². The fourth-order valence-electron chi connectivity index (χ4n) is 5.02. The quantitative estimate of drug-likeness (QED) is 0.426. The summed E-state index contributed by atoms with van der Waals surface area (Å²) in [5, 5.41) is 6.86. The summed E-state index contributed by atoms with van der Waals surface area (Å²) in [6, 6.07) is 13.9. The maximum atomic E-state index is 13.3. The standard InChI is InChI=1S/C29H32ClN5O3/c1-3-25(19-6-4-5-18(2)13-19)33-26(36)17-35-16-21-8-7-20(14-23(21)28(35)37)27-24(30)15-31-29(34-27)32-22-9-11-38-12-10-22/h4-8,13-15,22,25H,3,9-12,16-17H2,1-2H3,(H,33,36)(H,31,32,34)/t25-/m1/s1. The number of fused-ring (bicyclic) bond motifs is 1. The number of nitrogens with one attached hydrogen (secondary N) is 2. The second-order valence-electron chi connectivity index (χ2n) is 9.90. The van der Waals surface area contributed by atoms with Crippen molar-refractivity contribution in [2.45, 2.75) is 51.7 Å². The highest BCUT2D eigenvalue weighted by atomic mass is 35.5. The van der Waals surface area contributed by atoms with E-state index in [0.717, 1.165) is 41.5 Å². The molecule has 0 spiro atoms. The Morgan fingerprint density at radius 2 is 2.03 bits per heavy atom. The second-order valence-corrected chi connectivity index (χ2v) is 10.3. The number of halogens is 1. The van der Waals surface area contributed by atoms with E-state index in [1.807, 2.05) is 50.2 Å². The highest BCUT2D eigenvalue weighted by molar-refractivity contribution is 6.33. The molecule has 0 aliphatic carbocycles. The average molecular weight is 534 g/mol. The molecule has 2 aromatic carbocycles. The fraction of sp³-hybridized carbons (Fsp3) is 0.379. The minimum atomic E-state index is -0.178. The number of rotatable bonds is 8. The first kappa shape index (κ1) is 26.1. The van der Waals surface area contributed by atoms with E-state index in [1.54, 1.807) is 11.1 Å². The number of carbonyl (C=O) groups excluding carboxylic acids is 2. The molecule has 1 atom stereocenters. The third-order valence-electron chi connectivity index (χ3n) is 7.08. The third-order valence-corrected chi connectivity index (χ3v) is 7.36. The molecule has 2 aliphatic rings. The molecule has 5 rings (SSSR count). The van der Waals surface area contributed by atoms with Crippen LogP contribution in [0.2, 0.25) is 5.02 Å². The minimum absolute atomic E-state index is 0.00139. The molecule has 1 aromatic heterocycles. The van der Waals surface area contributed by atoms with Gasteiger partial charge >= 0.3 is 0 Å². The predicted octanol–water partition coefficient (Wildman–Crippen LogP) is 4.92. The molecule has 2 aliphatic heterocycles. The molecular weight excluding hydrogens is 502 g/mol. The number of nitrogens with zero attached hydrogens (tertiary/aromatic N) is 3. The molecular formula is C29H32ClN5O3. The summed E-state index contributed by atoms with van der Waals surface area (Å²) in [7, 11) is 0. The van der Waals surface area contributed by atoms with E-state index in [0.29, 0.717) is 42.0 Å². The first-order chi connectivity index (χ1) is 18.4. The number of ether oxygens (including phenoxy) is 1. The van der Waals surface area contributed by atoms with Gasteiger partial charge in [-0.3, -0.25) is 9.59 Å². The highest BCUT2D eigenvalue weighted by Crippen LogP contribution is 2.32. The van der Waals surface area contributed by atoms with Gasteiger partial charge in [-0.2, -0.15) is 0 Å². The normalized spacial score (nSPS) is 16.3. The molecule has 2 amide bonds. The van der Waals surface area contributed by atoms with Crippen molar-refractivity contribution in [3.63, 3.8) is 0 Å². The number of benzene rings is 2. The number of carbonyl (C=O) groups is 2. The van der Waals surface area contributed by atoms with Crippen LogP contribution in [0.5, 0.6) is 0 Å². The van der Waals surface area contributed by atoms with Crippen molar-refractivity contribution in [3.8, 4) is 11.3 Å². The maximum Gasteiger partial charge on any atom is 0.254 e. The summed E-state index contributed by atoms with van der Waals surface area (Å²) in [5.41, 5.74) is 4.95. The van der Waals surface area contributed by atoms with Crippen molar-refractivity contribution in [1.29, 1.82) is 0 Å². The van der Waals surface area contributed by atoms with Gasteiger partial charge in [-0.25, -0.2) is 9.97 Å². The SMILES string of the molecule is CC[C@@H](NC(=O)CN1Cc2ccc(-c3nc(NC4CCOCC4)ncc3Cl)cc2C1=O)c1cccc(C)c1. The monoisotopic (exact) mass is 533 g/mol. The fourth-order valence-corrected chi connectivity index (χ4v) is 5.22. The molecule has 38 heavy (non-hydrogen) atoms. The van der Waals surface area contributed by atoms with Gasteiger partial charge in [-0.15, -0.1) is 0 Å². The number of aromatic nitrogens is 2. The van der Waals surface area contributed by atoms with Gasteiger partial charge in [0, 0.05) is 36.9 Å². The van der Waals surface area contributed by atoms with Crippen LogP contribution >= 0.6 is 11.6 Å². The van der Waals surface area contributed by atoms with Crippen LogP contribution in [0, 0.1) is 6.92 Å². The van der Waals surface area contributed by atoms with Crippen LogP contribution in [0.4, 0.5) is 5.95 Å². The first-order valence-corrected chi connectivity index (χ1v) is 13.4. The molecule has 3 heterocycles. The Bertz CT molecular complexity index is 1340. The molecule has 3 aromatic rings. The summed E-state index contributed by atoms with van der Waals surface area (Å²) >= 11 is 6.46. The average Bonchev–Trinajstić information content (AvgIpc) is 3.23. The zero-order valence-corrected chi connectivity index (χ0v) is 22.4. The van der Waals surface area contributed by atoms with Gasteiger partial charge in [-0.05, 0) is 43.4 Å². The van der Waals surface area contributed by atoms with Crippen molar-refractivity contribution in [3.05, 3.63) is 75.9 Å². The minimum Gasteiger partial charge on any atom is -0.381 e. The number of amides is 2. The molecule has 9 heteroatoms. The van der Waals surface area contributed by atoms with Gasteiger partial charge in [-0.1, -0.05) is 60.5 Å². The summed E-state index contributed by atoms with van der Waals surface area (Å²) in [6.07, 6.45) is 4.12. The van der Waals surface area contributed by atoms with Crippen LogP contribution in [0.3, 0.4) is 0 Å². The van der Waals surface area contributed by atoms with Crippen molar-refractivity contribution in [2.75, 3.05) is 25.1 Å². The van der Waals surface area contributed by atoms with E-state index < -0.39 is 0 Å². The van der Waals surface area contributed by atoms with Gasteiger partial charge in [0.2, 0.25) is 11.9 Å². The largest absolute Gasteiger partial charge is 0.381 e. The second kappa shape index (κ2) is 11.5. The zero-order valence-electron chi connectivity index (χ0n) is 21.7. The number of hydrogen-bond acceptors (Lipinski definition) is 6. The van der Waals surface area contributed by atoms with Crippen LogP contribution in [-0.4, -0.2) is 52.5 Å². The van der Waals surface area contributed by atoms with Crippen molar-refractivity contribution >= 4 is 29.4 Å². The zero-order chi connectivity index (χ0) is 26.6. The Morgan fingerprint density at radius 1 is 1.21 bits per heavy atom. The lowest BCUT2D eigenvalue weighted by atomic mass is 10.0. The Kier molecular flexibility index (Phi) is 7.90. The van der Waals surface area contributed by atoms with Crippen molar-refractivity contribution in [2.24, 2.45) is 0 Å². The Morgan fingerprint density at radius 3 is 2.79 bits per heavy atom. The van der Waals surface area contributed by atoms with Crippen molar-refractivity contribution in [1.82, 2.24) is 20.2 Å². The summed E-state index contributed by atoms with van der Waals surface area (Å²) in [4.78, 5) is 36.7. The molecule has 8 nitrogen and oxygen atoms in total. The van der Waals surface area contributed by atoms with E-state index >= 15 is 0 Å². The Balaban J connectivity index is 1.28. The van der Waals surface area contributed by atoms with Crippen LogP contribution in [0.25, 0.3) is 11.3 Å². The van der Waals surface area contributed by atoms with E-state index in [4.69, 9.17) is 16.3 Å². The number of anilines is 1. The molecule has 2 N–H and O–H groups in total. The van der Waals surface area contributed by atoms with E-state index in [9.17, 15) is 9.59 Å². The number of hydrogen-bond donors (Lipinski definition) is 2. The number of aryl methyl sites for hydroxylation is 1. The van der Waals surface area contributed by atoms with E-state index in [-0.39, 0.29) is 30.4 Å². The molecule has 0 radical (unpaired) electrons. The lowest BCUT2D eigenvalue weighted by Gasteiger charge is -2.23. The van der Waals surface area contributed by atoms with Crippen molar-refractivity contribution < 1.29 is 14.3 Å². The smallest absolute Gasteiger partial charge is 0.254 e. The third kappa shape index (κ3) is 5.81. The van der Waals surface area contributed by atoms with Gasteiger partial charge in [0.15, 0.2) is 0 Å². The molecule has 198 valence electrons. The lowest BCUT2D eigenvalue weighted by Crippen LogP contribution is -2.39.